The van der Waals surface area contributed by atoms with Crippen LogP contribution < -0.4 is 0 Å². The van der Waals surface area contributed by atoms with E-state index in [1.807, 2.05) is 0 Å². The molecule has 5 aliphatic rings. The van der Waals surface area contributed by atoms with Gasteiger partial charge < -0.3 is 0 Å². The normalized spacial score (nSPS) is 42.1. The molecule has 0 aromatic rings. The smallest absolute Gasteiger partial charge is 0.0326 e. The molecular formula is C32H56. The van der Waals surface area contributed by atoms with E-state index in [1.165, 1.54) is 25.7 Å². The Kier molecular flexibility index (Phi) is 8.62. The highest BCUT2D eigenvalue weighted by molar-refractivity contribution is 4.96. The molecular weight excluding hydrogens is 384 g/mol. The highest BCUT2D eigenvalue weighted by Crippen LogP contribution is 2.55. The van der Waals surface area contributed by atoms with Gasteiger partial charge in [0, 0.05) is 0 Å². The maximum Gasteiger partial charge on any atom is -0.0326 e. The van der Waals surface area contributed by atoms with Crippen LogP contribution in [-0.2, 0) is 0 Å². The van der Waals surface area contributed by atoms with Crippen molar-refractivity contribution in [2.75, 3.05) is 0 Å². The fourth-order valence-electron chi connectivity index (χ4n) is 10.1. The minimum atomic E-state index is 1.07. The predicted octanol–water partition coefficient (Wildman–Crippen LogP) is 10.2. The monoisotopic (exact) mass is 440 g/mol. The van der Waals surface area contributed by atoms with Gasteiger partial charge in [-0.3, -0.25) is 0 Å². The van der Waals surface area contributed by atoms with Gasteiger partial charge >= 0.3 is 0 Å². The molecule has 5 unspecified atom stereocenters. The van der Waals surface area contributed by atoms with Crippen LogP contribution >= 0.6 is 0 Å². The standard InChI is InChI=1S/C32H56/c1-2-24-12-15-27(22-24)23-30-20-21-31(28-10-6-7-11-28)32(30)29-18-16-26(17-19-29)14-13-25-8-4-3-5-9-25/h24-32H,2-23H2,1H3. The summed E-state index contributed by atoms with van der Waals surface area (Å²) in [5, 5.41) is 0. The number of hydrogen-bond acceptors (Lipinski definition) is 0. The van der Waals surface area contributed by atoms with Crippen molar-refractivity contribution in [3.05, 3.63) is 0 Å². The first-order chi connectivity index (χ1) is 15.8. The van der Waals surface area contributed by atoms with Crippen LogP contribution in [0, 0.1) is 53.3 Å². The van der Waals surface area contributed by atoms with E-state index in [-0.39, 0.29) is 0 Å². The van der Waals surface area contributed by atoms with Crippen LogP contribution in [0.2, 0.25) is 0 Å². The summed E-state index contributed by atoms with van der Waals surface area (Å²) in [6.45, 7) is 2.44. The van der Waals surface area contributed by atoms with Crippen LogP contribution in [0.1, 0.15) is 148 Å². The van der Waals surface area contributed by atoms with Crippen molar-refractivity contribution in [1.29, 1.82) is 0 Å². The molecule has 0 heteroatoms. The molecule has 5 fully saturated rings. The lowest BCUT2D eigenvalue weighted by Crippen LogP contribution is -2.32. The van der Waals surface area contributed by atoms with E-state index < -0.39 is 0 Å². The lowest BCUT2D eigenvalue weighted by atomic mass is 9.65. The summed E-state index contributed by atoms with van der Waals surface area (Å²) in [6, 6.07) is 0. The van der Waals surface area contributed by atoms with Crippen molar-refractivity contribution in [3.8, 4) is 0 Å². The van der Waals surface area contributed by atoms with Gasteiger partial charge in [-0.1, -0.05) is 110 Å². The van der Waals surface area contributed by atoms with Crippen LogP contribution in [-0.4, -0.2) is 0 Å². The summed E-state index contributed by atoms with van der Waals surface area (Å²) in [5.74, 6) is 10.00. The van der Waals surface area contributed by atoms with Gasteiger partial charge in [0.1, 0.15) is 0 Å². The van der Waals surface area contributed by atoms with Gasteiger partial charge in [0.2, 0.25) is 0 Å². The molecule has 5 aliphatic carbocycles. The quantitative estimate of drug-likeness (QED) is 0.352. The van der Waals surface area contributed by atoms with Crippen molar-refractivity contribution in [1.82, 2.24) is 0 Å². The molecule has 0 nitrogen and oxygen atoms in total. The van der Waals surface area contributed by atoms with Gasteiger partial charge in [-0.05, 0) is 91.8 Å². The number of hydrogen-bond donors (Lipinski definition) is 0. The van der Waals surface area contributed by atoms with E-state index in [1.54, 1.807) is 116 Å². The van der Waals surface area contributed by atoms with Gasteiger partial charge in [0.25, 0.3) is 0 Å². The van der Waals surface area contributed by atoms with Crippen LogP contribution in [0.5, 0.6) is 0 Å². The third-order valence-electron chi connectivity index (χ3n) is 11.9. The van der Waals surface area contributed by atoms with Crippen molar-refractivity contribution in [2.45, 2.75) is 148 Å². The highest BCUT2D eigenvalue weighted by atomic mass is 14.5. The molecule has 32 heavy (non-hydrogen) atoms. The topological polar surface area (TPSA) is 0 Å². The predicted molar refractivity (Wildman–Crippen MR) is 139 cm³/mol. The fourth-order valence-corrected chi connectivity index (χ4v) is 10.1. The van der Waals surface area contributed by atoms with E-state index in [4.69, 9.17) is 0 Å². The van der Waals surface area contributed by atoms with Crippen LogP contribution in [0.25, 0.3) is 0 Å². The summed E-state index contributed by atoms with van der Waals surface area (Å²) in [6.07, 6.45) is 34.6. The molecule has 0 N–H and O–H groups in total. The molecule has 0 aliphatic heterocycles. The lowest BCUT2D eigenvalue weighted by molar-refractivity contribution is 0.0946. The second-order valence-electron chi connectivity index (χ2n) is 13.7. The first-order valence-electron chi connectivity index (χ1n) is 15.8. The van der Waals surface area contributed by atoms with Crippen molar-refractivity contribution in [3.63, 3.8) is 0 Å². The van der Waals surface area contributed by atoms with Gasteiger partial charge in [-0.2, -0.15) is 0 Å². The van der Waals surface area contributed by atoms with Gasteiger partial charge in [-0.25, -0.2) is 0 Å². The molecule has 5 saturated carbocycles. The average molecular weight is 441 g/mol. The molecule has 0 aromatic carbocycles. The number of rotatable bonds is 8. The third-order valence-corrected chi connectivity index (χ3v) is 11.9. The van der Waals surface area contributed by atoms with Gasteiger partial charge in [-0.15, -0.1) is 0 Å². The zero-order valence-corrected chi connectivity index (χ0v) is 21.8. The summed E-state index contributed by atoms with van der Waals surface area (Å²) in [5.41, 5.74) is 0. The molecule has 5 atom stereocenters. The van der Waals surface area contributed by atoms with Crippen LogP contribution in [0.4, 0.5) is 0 Å². The van der Waals surface area contributed by atoms with E-state index >= 15 is 0 Å². The molecule has 0 radical (unpaired) electrons. The molecule has 0 aromatic heterocycles. The summed E-state index contributed by atoms with van der Waals surface area (Å²) >= 11 is 0. The highest BCUT2D eigenvalue weighted by Gasteiger charge is 2.46. The minimum absolute atomic E-state index is 1.07. The Labute approximate surface area is 201 Å². The molecule has 0 amide bonds. The van der Waals surface area contributed by atoms with E-state index in [0.717, 1.165) is 53.3 Å². The lowest BCUT2D eigenvalue weighted by Gasteiger charge is -2.40. The first-order valence-corrected chi connectivity index (χ1v) is 15.8. The Morgan fingerprint density at radius 1 is 0.500 bits per heavy atom. The Balaban J connectivity index is 1.16. The molecule has 0 heterocycles. The van der Waals surface area contributed by atoms with Crippen LogP contribution in [0.3, 0.4) is 0 Å². The molecule has 184 valence electrons. The maximum atomic E-state index is 2.44. The minimum Gasteiger partial charge on any atom is -0.0651 e. The Morgan fingerprint density at radius 3 is 1.81 bits per heavy atom. The Morgan fingerprint density at radius 2 is 1.12 bits per heavy atom. The summed E-state index contributed by atoms with van der Waals surface area (Å²) in [7, 11) is 0. The Bertz CT molecular complexity index is 530. The largest absolute Gasteiger partial charge is 0.0651 e. The van der Waals surface area contributed by atoms with Crippen molar-refractivity contribution in [2.24, 2.45) is 53.3 Å². The van der Waals surface area contributed by atoms with Gasteiger partial charge in [0.15, 0.2) is 0 Å². The van der Waals surface area contributed by atoms with E-state index in [9.17, 15) is 0 Å². The maximum absolute atomic E-state index is 2.44. The zero-order valence-electron chi connectivity index (χ0n) is 21.8. The average Bonchev–Trinajstić information content (AvgIpc) is 3.60. The third kappa shape index (κ3) is 5.79. The summed E-state index contributed by atoms with van der Waals surface area (Å²) < 4.78 is 0. The van der Waals surface area contributed by atoms with E-state index in [2.05, 4.69) is 6.92 Å². The second kappa shape index (κ2) is 11.6. The SMILES string of the molecule is CCC1CCC(CC2CCC(C3CCCC3)C2C2CCC(CCC3CCCCC3)CC2)C1. The molecule has 5 rings (SSSR count). The van der Waals surface area contributed by atoms with Crippen molar-refractivity contribution < 1.29 is 0 Å². The van der Waals surface area contributed by atoms with E-state index in [0.29, 0.717) is 0 Å². The fraction of sp³-hybridized carbons (Fsp3) is 1.00. The molecule has 0 saturated heterocycles. The van der Waals surface area contributed by atoms with Crippen molar-refractivity contribution >= 4 is 0 Å². The molecule has 0 spiro atoms. The molecule has 0 bridgehead atoms. The second-order valence-corrected chi connectivity index (χ2v) is 13.7. The Hall–Kier alpha value is 0. The van der Waals surface area contributed by atoms with Gasteiger partial charge in [0.05, 0.1) is 0 Å². The van der Waals surface area contributed by atoms with Crippen LogP contribution in [0.15, 0.2) is 0 Å². The summed E-state index contributed by atoms with van der Waals surface area (Å²) in [4.78, 5) is 0. The zero-order chi connectivity index (χ0) is 21.8. The first kappa shape index (κ1) is 23.7.